The summed E-state index contributed by atoms with van der Waals surface area (Å²) in [5, 5.41) is 2.84. The van der Waals surface area contributed by atoms with Crippen molar-refractivity contribution < 1.29 is 19.1 Å². The average Bonchev–Trinajstić information content (AvgIpc) is 2.71. The van der Waals surface area contributed by atoms with Crippen molar-refractivity contribution in [2.75, 3.05) is 39.4 Å². The first-order valence-electron chi connectivity index (χ1n) is 8.56. The van der Waals surface area contributed by atoms with Crippen LogP contribution in [0.3, 0.4) is 0 Å². The Kier molecular flexibility index (Phi) is 7.95. The van der Waals surface area contributed by atoms with E-state index in [2.05, 4.69) is 5.32 Å². The molecule has 0 aliphatic carbocycles. The number of anilines is 1. The standard InChI is InChI=1S/C21H24N2O4S/c1-23(14-20(24)22-17-7-5-6-8-19(17)28-4)21(25)12-10-15-9-11-16(26-2)13-18(15)27-3/h5-13H,14H2,1-4H3,(H,22,24)/b12-10+. The summed E-state index contributed by atoms with van der Waals surface area (Å²) < 4.78 is 10.5. The molecule has 2 aromatic rings. The summed E-state index contributed by atoms with van der Waals surface area (Å²) in [4.78, 5) is 26.9. The molecule has 0 aliphatic heterocycles. The van der Waals surface area contributed by atoms with Crippen molar-refractivity contribution in [2.24, 2.45) is 0 Å². The molecule has 0 bridgehead atoms. The largest absolute Gasteiger partial charge is 0.497 e. The molecular formula is C21H24N2O4S. The average molecular weight is 401 g/mol. The normalized spacial score (nSPS) is 10.6. The first-order valence-corrected chi connectivity index (χ1v) is 9.79. The highest BCUT2D eigenvalue weighted by Gasteiger charge is 2.12. The van der Waals surface area contributed by atoms with E-state index >= 15 is 0 Å². The number of para-hydroxylation sites is 1. The van der Waals surface area contributed by atoms with Gasteiger partial charge in [0.1, 0.15) is 11.5 Å². The van der Waals surface area contributed by atoms with E-state index in [-0.39, 0.29) is 18.4 Å². The van der Waals surface area contributed by atoms with Crippen LogP contribution in [0.25, 0.3) is 6.08 Å². The van der Waals surface area contributed by atoms with Crippen LogP contribution in [0.5, 0.6) is 11.5 Å². The first-order chi connectivity index (χ1) is 13.5. The Hall–Kier alpha value is -2.93. The molecule has 2 amide bonds. The van der Waals surface area contributed by atoms with E-state index in [0.717, 1.165) is 16.1 Å². The number of carbonyl (C=O) groups excluding carboxylic acids is 2. The summed E-state index contributed by atoms with van der Waals surface area (Å²) in [6.45, 7) is -0.0500. The number of benzene rings is 2. The third-order valence-corrected chi connectivity index (χ3v) is 4.78. The van der Waals surface area contributed by atoms with E-state index in [1.165, 1.54) is 11.0 Å². The molecular weight excluding hydrogens is 376 g/mol. The van der Waals surface area contributed by atoms with Gasteiger partial charge in [-0.15, -0.1) is 11.8 Å². The Morgan fingerprint density at radius 1 is 1.14 bits per heavy atom. The molecule has 2 rings (SSSR count). The topological polar surface area (TPSA) is 67.9 Å². The zero-order valence-electron chi connectivity index (χ0n) is 16.4. The van der Waals surface area contributed by atoms with Crippen LogP contribution in [0.1, 0.15) is 5.56 Å². The Labute approximate surface area is 169 Å². The second-order valence-corrected chi connectivity index (χ2v) is 6.73. The van der Waals surface area contributed by atoms with Gasteiger partial charge in [-0.3, -0.25) is 9.59 Å². The third-order valence-electron chi connectivity index (χ3n) is 3.98. The van der Waals surface area contributed by atoms with Gasteiger partial charge in [-0.1, -0.05) is 12.1 Å². The fourth-order valence-electron chi connectivity index (χ4n) is 2.48. The van der Waals surface area contributed by atoms with Crippen LogP contribution in [-0.4, -0.2) is 50.8 Å². The maximum atomic E-state index is 12.3. The van der Waals surface area contributed by atoms with Crippen molar-refractivity contribution in [2.45, 2.75) is 4.90 Å². The number of nitrogens with zero attached hydrogens (tertiary/aromatic N) is 1. The highest BCUT2D eigenvalue weighted by atomic mass is 32.2. The number of thioether (sulfide) groups is 1. The zero-order valence-corrected chi connectivity index (χ0v) is 17.2. The van der Waals surface area contributed by atoms with Crippen molar-refractivity contribution in [3.8, 4) is 11.5 Å². The minimum atomic E-state index is -0.286. The van der Waals surface area contributed by atoms with Crippen LogP contribution in [-0.2, 0) is 9.59 Å². The SMILES string of the molecule is COc1ccc(/C=C/C(=O)N(C)CC(=O)Nc2ccccc2SC)c(OC)c1. The zero-order chi connectivity index (χ0) is 20.5. The van der Waals surface area contributed by atoms with Gasteiger partial charge in [0.05, 0.1) is 26.5 Å². The Bertz CT molecular complexity index is 867. The van der Waals surface area contributed by atoms with Gasteiger partial charge in [-0.05, 0) is 36.6 Å². The summed E-state index contributed by atoms with van der Waals surface area (Å²) in [6, 6.07) is 12.9. The lowest BCUT2D eigenvalue weighted by atomic mass is 10.1. The summed E-state index contributed by atoms with van der Waals surface area (Å²) in [5.74, 6) is 0.719. The van der Waals surface area contributed by atoms with Crippen LogP contribution < -0.4 is 14.8 Å². The number of ether oxygens (including phenoxy) is 2. The first kappa shape index (κ1) is 21.4. The predicted molar refractivity (Wildman–Crippen MR) is 113 cm³/mol. The van der Waals surface area contributed by atoms with Crippen LogP contribution >= 0.6 is 11.8 Å². The molecule has 0 fully saturated rings. The van der Waals surface area contributed by atoms with Crippen LogP contribution in [0.4, 0.5) is 5.69 Å². The molecule has 0 atom stereocenters. The van der Waals surface area contributed by atoms with Crippen molar-refractivity contribution in [3.05, 3.63) is 54.1 Å². The molecule has 0 unspecified atom stereocenters. The van der Waals surface area contributed by atoms with Crippen LogP contribution in [0.15, 0.2) is 53.4 Å². The Morgan fingerprint density at radius 2 is 1.89 bits per heavy atom. The smallest absolute Gasteiger partial charge is 0.246 e. The molecule has 0 saturated heterocycles. The molecule has 0 aromatic heterocycles. The molecule has 6 nitrogen and oxygen atoms in total. The van der Waals surface area contributed by atoms with Crippen molar-refractivity contribution in [1.29, 1.82) is 0 Å². The molecule has 7 heteroatoms. The number of amides is 2. The van der Waals surface area contributed by atoms with Crippen molar-refractivity contribution >= 4 is 35.3 Å². The van der Waals surface area contributed by atoms with E-state index in [0.29, 0.717) is 11.5 Å². The molecule has 1 N–H and O–H groups in total. The third kappa shape index (κ3) is 5.79. The minimum absolute atomic E-state index is 0.0500. The lowest BCUT2D eigenvalue weighted by Crippen LogP contribution is -2.33. The monoisotopic (exact) mass is 400 g/mol. The molecule has 0 saturated carbocycles. The van der Waals surface area contributed by atoms with Gasteiger partial charge < -0.3 is 19.7 Å². The van der Waals surface area contributed by atoms with Crippen molar-refractivity contribution in [1.82, 2.24) is 4.90 Å². The number of hydrogen-bond acceptors (Lipinski definition) is 5. The summed E-state index contributed by atoms with van der Waals surface area (Å²) >= 11 is 1.55. The number of methoxy groups -OCH3 is 2. The number of carbonyl (C=O) groups is 2. The molecule has 0 heterocycles. The lowest BCUT2D eigenvalue weighted by Gasteiger charge is -2.16. The van der Waals surface area contributed by atoms with Gasteiger partial charge in [0.15, 0.2) is 0 Å². The summed E-state index contributed by atoms with van der Waals surface area (Å²) in [7, 11) is 4.71. The molecule has 148 valence electrons. The van der Waals surface area contributed by atoms with E-state index < -0.39 is 0 Å². The predicted octanol–water partition coefficient (Wildman–Crippen LogP) is 3.54. The van der Waals surface area contributed by atoms with Gasteiger partial charge >= 0.3 is 0 Å². The number of likely N-dealkylation sites (N-methyl/N-ethyl adjacent to an activating group) is 1. The van der Waals surface area contributed by atoms with Gasteiger partial charge in [0.2, 0.25) is 11.8 Å². The number of rotatable bonds is 8. The quantitative estimate of drug-likeness (QED) is 0.542. The van der Waals surface area contributed by atoms with E-state index in [9.17, 15) is 9.59 Å². The van der Waals surface area contributed by atoms with E-state index in [4.69, 9.17) is 9.47 Å². The van der Waals surface area contributed by atoms with E-state index in [1.54, 1.807) is 57.3 Å². The number of nitrogens with one attached hydrogen (secondary N) is 1. The maximum Gasteiger partial charge on any atom is 0.246 e. The fourth-order valence-corrected chi connectivity index (χ4v) is 3.03. The maximum absolute atomic E-state index is 12.3. The lowest BCUT2D eigenvalue weighted by molar-refractivity contribution is -0.129. The summed E-state index contributed by atoms with van der Waals surface area (Å²) in [5.41, 5.74) is 1.47. The number of hydrogen-bond donors (Lipinski definition) is 1. The van der Waals surface area contributed by atoms with Crippen LogP contribution in [0.2, 0.25) is 0 Å². The van der Waals surface area contributed by atoms with Crippen molar-refractivity contribution in [3.63, 3.8) is 0 Å². The highest BCUT2D eigenvalue weighted by molar-refractivity contribution is 7.98. The van der Waals surface area contributed by atoms with Gasteiger partial charge in [0.25, 0.3) is 0 Å². The minimum Gasteiger partial charge on any atom is -0.497 e. The van der Waals surface area contributed by atoms with Gasteiger partial charge in [-0.25, -0.2) is 0 Å². The van der Waals surface area contributed by atoms with Gasteiger partial charge in [0, 0.05) is 29.6 Å². The molecule has 2 aromatic carbocycles. The molecule has 28 heavy (non-hydrogen) atoms. The second-order valence-electron chi connectivity index (χ2n) is 5.88. The molecule has 0 spiro atoms. The molecule has 0 aliphatic rings. The van der Waals surface area contributed by atoms with Gasteiger partial charge in [-0.2, -0.15) is 0 Å². The van der Waals surface area contributed by atoms with E-state index in [1.807, 2.05) is 30.5 Å². The highest BCUT2D eigenvalue weighted by Crippen LogP contribution is 2.26. The summed E-state index contributed by atoms with van der Waals surface area (Å²) in [6.07, 6.45) is 5.00. The van der Waals surface area contributed by atoms with Crippen LogP contribution in [0, 0.1) is 0 Å². The Morgan fingerprint density at radius 3 is 2.57 bits per heavy atom. The fraction of sp³-hybridized carbons (Fsp3) is 0.238. The Balaban J connectivity index is 1.99. The second kappa shape index (κ2) is 10.4. The molecule has 0 radical (unpaired) electrons.